The number of hydrogen-bond donors (Lipinski definition) is 2. The first-order valence-corrected chi connectivity index (χ1v) is 5.73. The van der Waals surface area contributed by atoms with Crippen LogP contribution in [0.25, 0.3) is 0 Å². The fraction of sp³-hybridized carbons (Fsp3) is 0.364. The largest absolute Gasteiger partial charge is 0.494 e. The number of aliphatic carboxylic acids is 1. The second-order valence-electron chi connectivity index (χ2n) is 3.33. The highest BCUT2D eigenvalue weighted by molar-refractivity contribution is 9.10. The van der Waals surface area contributed by atoms with Crippen LogP contribution >= 0.6 is 15.9 Å². The van der Waals surface area contributed by atoms with Gasteiger partial charge in [0.25, 0.3) is 0 Å². The van der Waals surface area contributed by atoms with Crippen molar-refractivity contribution < 1.29 is 14.6 Å². The molecule has 0 saturated heterocycles. The van der Waals surface area contributed by atoms with Crippen molar-refractivity contribution in [2.75, 3.05) is 6.61 Å². The Morgan fingerprint density at radius 3 is 2.88 bits per heavy atom. The SMILES string of the molecule is CCOc1ccc(Br)cc1CC(N)C(=O)O. The Kier molecular flexibility index (Phi) is 4.76. The molecule has 0 amide bonds. The number of carboxylic acids is 1. The molecule has 0 aromatic heterocycles. The maximum absolute atomic E-state index is 10.7. The number of nitrogens with two attached hydrogens (primary N) is 1. The van der Waals surface area contributed by atoms with Crippen molar-refractivity contribution in [3.8, 4) is 5.75 Å². The normalized spacial score (nSPS) is 12.2. The zero-order valence-corrected chi connectivity index (χ0v) is 10.5. The molecule has 16 heavy (non-hydrogen) atoms. The van der Waals surface area contributed by atoms with Gasteiger partial charge in [-0.3, -0.25) is 4.79 Å². The maximum atomic E-state index is 10.7. The Morgan fingerprint density at radius 1 is 1.62 bits per heavy atom. The van der Waals surface area contributed by atoms with Gasteiger partial charge in [-0.1, -0.05) is 15.9 Å². The third-order valence-corrected chi connectivity index (χ3v) is 2.57. The van der Waals surface area contributed by atoms with E-state index in [1.165, 1.54) is 0 Å². The molecule has 0 heterocycles. The van der Waals surface area contributed by atoms with Crippen LogP contribution < -0.4 is 10.5 Å². The fourth-order valence-electron chi connectivity index (χ4n) is 1.33. The number of rotatable bonds is 5. The van der Waals surface area contributed by atoms with Gasteiger partial charge in [0.1, 0.15) is 11.8 Å². The average Bonchev–Trinajstić information content (AvgIpc) is 2.22. The third-order valence-electron chi connectivity index (χ3n) is 2.08. The van der Waals surface area contributed by atoms with Gasteiger partial charge in [-0.05, 0) is 30.7 Å². The van der Waals surface area contributed by atoms with E-state index < -0.39 is 12.0 Å². The predicted molar refractivity (Wildman–Crippen MR) is 64.6 cm³/mol. The number of carbonyl (C=O) groups is 1. The zero-order chi connectivity index (χ0) is 12.1. The first-order chi connectivity index (χ1) is 7.54. The molecule has 0 aliphatic heterocycles. The van der Waals surface area contributed by atoms with Gasteiger partial charge >= 0.3 is 5.97 Å². The van der Waals surface area contributed by atoms with Gasteiger partial charge in [-0.15, -0.1) is 0 Å². The first-order valence-electron chi connectivity index (χ1n) is 4.94. The van der Waals surface area contributed by atoms with E-state index in [0.29, 0.717) is 12.4 Å². The van der Waals surface area contributed by atoms with Crippen LogP contribution in [0.15, 0.2) is 22.7 Å². The van der Waals surface area contributed by atoms with Crippen molar-refractivity contribution in [3.63, 3.8) is 0 Å². The molecule has 1 aromatic rings. The second-order valence-corrected chi connectivity index (χ2v) is 4.25. The standard InChI is InChI=1S/C11H14BrNO3/c1-2-16-10-4-3-8(12)5-7(10)6-9(13)11(14)15/h3-5,9H,2,6,13H2,1H3,(H,14,15). The minimum absolute atomic E-state index is 0.254. The van der Waals surface area contributed by atoms with E-state index in [9.17, 15) is 4.79 Å². The molecular formula is C11H14BrNO3. The van der Waals surface area contributed by atoms with Gasteiger partial charge in [0.2, 0.25) is 0 Å². The van der Waals surface area contributed by atoms with Crippen molar-refractivity contribution >= 4 is 21.9 Å². The van der Waals surface area contributed by atoms with Crippen LogP contribution in [0.4, 0.5) is 0 Å². The Labute approximate surface area is 103 Å². The molecule has 0 spiro atoms. The quantitative estimate of drug-likeness (QED) is 0.866. The van der Waals surface area contributed by atoms with Crippen molar-refractivity contribution in [3.05, 3.63) is 28.2 Å². The molecule has 0 bridgehead atoms. The third kappa shape index (κ3) is 3.50. The van der Waals surface area contributed by atoms with Crippen molar-refractivity contribution in [2.24, 2.45) is 5.73 Å². The van der Waals surface area contributed by atoms with Gasteiger partial charge < -0.3 is 15.6 Å². The molecule has 0 aliphatic carbocycles. The number of carboxylic acid groups (broad SMARTS) is 1. The molecule has 0 saturated carbocycles. The van der Waals surface area contributed by atoms with Crippen molar-refractivity contribution in [1.82, 2.24) is 0 Å². The van der Waals surface area contributed by atoms with E-state index in [-0.39, 0.29) is 6.42 Å². The van der Waals surface area contributed by atoms with Gasteiger partial charge in [0.15, 0.2) is 0 Å². The minimum atomic E-state index is -1.01. The van der Waals surface area contributed by atoms with Crippen LogP contribution in [0.2, 0.25) is 0 Å². The molecule has 3 N–H and O–H groups in total. The highest BCUT2D eigenvalue weighted by Gasteiger charge is 2.15. The van der Waals surface area contributed by atoms with Crippen LogP contribution in [0.3, 0.4) is 0 Å². The van der Waals surface area contributed by atoms with Crippen LogP contribution in [-0.2, 0) is 11.2 Å². The smallest absolute Gasteiger partial charge is 0.320 e. The second kappa shape index (κ2) is 5.86. The van der Waals surface area contributed by atoms with Crippen LogP contribution in [-0.4, -0.2) is 23.7 Å². The number of ether oxygens (including phenoxy) is 1. The van der Waals surface area contributed by atoms with E-state index in [1.807, 2.05) is 19.1 Å². The summed E-state index contributed by atoms with van der Waals surface area (Å²) in [4.78, 5) is 10.7. The summed E-state index contributed by atoms with van der Waals surface area (Å²) in [5, 5.41) is 8.76. The minimum Gasteiger partial charge on any atom is -0.494 e. The maximum Gasteiger partial charge on any atom is 0.320 e. The zero-order valence-electron chi connectivity index (χ0n) is 8.94. The summed E-state index contributed by atoms with van der Waals surface area (Å²) in [5.74, 6) is -0.329. The monoisotopic (exact) mass is 287 g/mol. The predicted octanol–water partition coefficient (Wildman–Crippen LogP) is 1.80. The van der Waals surface area contributed by atoms with E-state index in [0.717, 1.165) is 10.0 Å². The Balaban J connectivity index is 2.91. The van der Waals surface area contributed by atoms with Gasteiger partial charge in [-0.25, -0.2) is 0 Å². The highest BCUT2D eigenvalue weighted by atomic mass is 79.9. The van der Waals surface area contributed by atoms with E-state index in [4.69, 9.17) is 15.6 Å². The Bertz CT molecular complexity index is 381. The molecule has 0 aliphatic rings. The van der Waals surface area contributed by atoms with Crippen molar-refractivity contribution in [1.29, 1.82) is 0 Å². The van der Waals surface area contributed by atoms with Crippen LogP contribution in [0, 0.1) is 0 Å². The summed E-state index contributed by atoms with van der Waals surface area (Å²) in [6.07, 6.45) is 0.254. The lowest BCUT2D eigenvalue weighted by molar-refractivity contribution is -0.138. The average molecular weight is 288 g/mol. The summed E-state index contributed by atoms with van der Waals surface area (Å²) < 4.78 is 6.28. The van der Waals surface area contributed by atoms with Gasteiger partial charge in [0, 0.05) is 10.9 Å². The molecule has 1 rings (SSSR count). The van der Waals surface area contributed by atoms with Gasteiger partial charge in [0.05, 0.1) is 6.61 Å². The molecule has 1 atom stereocenters. The molecular weight excluding hydrogens is 274 g/mol. The first kappa shape index (κ1) is 13.0. The summed E-state index contributed by atoms with van der Waals surface area (Å²) in [5.41, 5.74) is 6.29. The summed E-state index contributed by atoms with van der Waals surface area (Å²) in [6.45, 7) is 2.42. The van der Waals surface area contributed by atoms with Crippen molar-refractivity contribution in [2.45, 2.75) is 19.4 Å². The number of halogens is 1. The van der Waals surface area contributed by atoms with E-state index in [1.54, 1.807) is 6.07 Å². The van der Waals surface area contributed by atoms with Gasteiger partial charge in [-0.2, -0.15) is 0 Å². The summed E-state index contributed by atoms with van der Waals surface area (Å²) >= 11 is 3.33. The lowest BCUT2D eigenvalue weighted by Gasteiger charge is -2.12. The topological polar surface area (TPSA) is 72.5 Å². The lowest BCUT2D eigenvalue weighted by Crippen LogP contribution is -2.32. The fourth-order valence-corrected chi connectivity index (χ4v) is 1.74. The molecule has 5 heteroatoms. The molecule has 0 fully saturated rings. The number of hydrogen-bond acceptors (Lipinski definition) is 3. The molecule has 88 valence electrons. The van der Waals surface area contributed by atoms with Crippen LogP contribution in [0.5, 0.6) is 5.75 Å². The highest BCUT2D eigenvalue weighted by Crippen LogP contribution is 2.24. The van der Waals surface area contributed by atoms with E-state index in [2.05, 4.69) is 15.9 Å². The Morgan fingerprint density at radius 2 is 2.31 bits per heavy atom. The number of benzene rings is 1. The summed E-state index contributed by atoms with van der Waals surface area (Å²) in [6, 6.07) is 4.57. The molecule has 0 radical (unpaired) electrons. The molecule has 4 nitrogen and oxygen atoms in total. The van der Waals surface area contributed by atoms with Crippen LogP contribution in [0.1, 0.15) is 12.5 Å². The lowest BCUT2D eigenvalue weighted by atomic mass is 10.1. The Hall–Kier alpha value is -1.07. The molecule has 1 unspecified atom stereocenters. The molecule has 1 aromatic carbocycles. The van der Waals surface area contributed by atoms with E-state index >= 15 is 0 Å². The summed E-state index contributed by atoms with van der Waals surface area (Å²) in [7, 11) is 0.